The quantitative estimate of drug-likeness (QED) is 0.728. The molecule has 1 aliphatic rings. The summed E-state index contributed by atoms with van der Waals surface area (Å²) >= 11 is 0. The fourth-order valence-corrected chi connectivity index (χ4v) is 2.19. The summed E-state index contributed by atoms with van der Waals surface area (Å²) in [6.45, 7) is 3.53. The molecule has 2 heteroatoms. The highest BCUT2D eigenvalue weighted by atomic mass is 15.1. The highest BCUT2D eigenvalue weighted by Gasteiger charge is 2.18. The van der Waals surface area contributed by atoms with Crippen LogP contribution < -0.4 is 5.32 Å². The van der Waals surface area contributed by atoms with E-state index in [-0.39, 0.29) is 0 Å². The number of piperidine rings is 1. The highest BCUT2D eigenvalue weighted by molar-refractivity contribution is 5.14. The molecular weight excluding hydrogens is 184 g/mol. The van der Waals surface area contributed by atoms with E-state index in [1.165, 1.54) is 31.5 Å². The monoisotopic (exact) mass is 204 g/mol. The van der Waals surface area contributed by atoms with Gasteiger partial charge in [-0.15, -0.1) is 0 Å². The summed E-state index contributed by atoms with van der Waals surface area (Å²) in [7, 11) is 3.87. The Morgan fingerprint density at radius 1 is 1.20 bits per heavy atom. The van der Waals surface area contributed by atoms with Crippen molar-refractivity contribution in [1.82, 2.24) is 4.90 Å². The minimum Gasteiger partial charge on any atom is -0.476 e. The van der Waals surface area contributed by atoms with Crippen LogP contribution in [0.15, 0.2) is 30.3 Å². The minimum atomic E-state index is 0.747. The molecule has 0 radical (unpaired) electrons. The second-order valence-corrected chi connectivity index (χ2v) is 4.33. The molecule has 1 heterocycles. The first-order valence-electron chi connectivity index (χ1n) is 5.77. The van der Waals surface area contributed by atoms with Crippen molar-refractivity contribution in [1.29, 1.82) is 0 Å². The molecule has 1 aromatic rings. The van der Waals surface area contributed by atoms with Crippen LogP contribution in [-0.2, 0) is 6.54 Å². The Kier molecular flexibility index (Phi) is 3.75. The Hall–Kier alpha value is -0.860. The van der Waals surface area contributed by atoms with Crippen LogP contribution in [0, 0.1) is 7.05 Å². The van der Waals surface area contributed by atoms with Gasteiger partial charge in [-0.05, 0) is 5.56 Å². The van der Waals surface area contributed by atoms with Crippen molar-refractivity contribution in [3.8, 4) is 0 Å². The van der Waals surface area contributed by atoms with Crippen LogP contribution in [0.2, 0.25) is 0 Å². The van der Waals surface area contributed by atoms with Crippen LogP contribution in [-0.4, -0.2) is 24.0 Å². The van der Waals surface area contributed by atoms with Crippen molar-refractivity contribution in [2.75, 3.05) is 13.1 Å². The molecule has 0 unspecified atom stereocenters. The van der Waals surface area contributed by atoms with Gasteiger partial charge in [0, 0.05) is 32.5 Å². The standard InChI is InChI=1S/C13H20N2/c1-14-13-7-9-15(10-8-13)11-12-5-3-2-4-6-12/h2-6,13H,1,7-11,14H2. The van der Waals surface area contributed by atoms with E-state index in [1.54, 1.807) is 0 Å². The number of benzene rings is 1. The molecule has 0 atom stereocenters. The molecule has 2 N–H and O–H groups in total. The third kappa shape index (κ3) is 3.05. The van der Waals surface area contributed by atoms with E-state index in [1.807, 2.05) is 0 Å². The Labute approximate surface area is 92.3 Å². The summed E-state index contributed by atoms with van der Waals surface area (Å²) in [5, 5.41) is 2.11. The summed E-state index contributed by atoms with van der Waals surface area (Å²) in [6.07, 6.45) is 2.55. The third-order valence-corrected chi connectivity index (χ3v) is 3.21. The first kappa shape index (κ1) is 10.7. The summed E-state index contributed by atoms with van der Waals surface area (Å²) in [5.74, 6) is 0. The lowest BCUT2D eigenvalue weighted by Crippen LogP contribution is -2.84. The van der Waals surface area contributed by atoms with Crippen LogP contribution in [0.4, 0.5) is 0 Å². The zero-order chi connectivity index (χ0) is 10.5. The maximum Gasteiger partial charge on any atom is 0.0644 e. The number of likely N-dealkylation sites (tertiary alicyclic amines) is 1. The van der Waals surface area contributed by atoms with Gasteiger partial charge in [0.1, 0.15) is 0 Å². The first-order valence-corrected chi connectivity index (χ1v) is 5.77. The normalized spacial score (nSPS) is 19.3. The van der Waals surface area contributed by atoms with Gasteiger partial charge in [-0.25, -0.2) is 0 Å². The van der Waals surface area contributed by atoms with Gasteiger partial charge < -0.3 is 5.32 Å². The van der Waals surface area contributed by atoms with E-state index in [9.17, 15) is 0 Å². The van der Waals surface area contributed by atoms with Crippen LogP contribution >= 0.6 is 0 Å². The summed E-state index contributed by atoms with van der Waals surface area (Å²) < 4.78 is 0. The van der Waals surface area contributed by atoms with Gasteiger partial charge in [0.25, 0.3) is 0 Å². The lowest BCUT2D eigenvalue weighted by Gasteiger charge is -2.31. The van der Waals surface area contributed by atoms with Crippen molar-refractivity contribution in [3.63, 3.8) is 0 Å². The van der Waals surface area contributed by atoms with Gasteiger partial charge in [0.2, 0.25) is 0 Å². The summed E-state index contributed by atoms with van der Waals surface area (Å²) in [5.41, 5.74) is 1.43. The molecule has 0 saturated carbocycles. The number of quaternary nitrogens is 1. The van der Waals surface area contributed by atoms with Gasteiger partial charge in [-0.1, -0.05) is 30.3 Å². The van der Waals surface area contributed by atoms with Crippen molar-refractivity contribution in [2.24, 2.45) is 0 Å². The van der Waals surface area contributed by atoms with Crippen molar-refractivity contribution >= 4 is 0 Å². The highest BCUT2D eigenvalue weighted by Crippen LogP contribution is 2.11. The minimum absolute atomic E-state index is 0.747. The van der Waals surface area contributed by atoms with Gasteiger partial charge in [0.05, 0.1) is 6.04 Å². The topological polar surface area (TPSA) is 19.9 Å². The molecule has 0 aliphatic carbocycles. The number of nitrogens with two attached hydrogens (primary N) is 1. The Bertz CT molecular complexity index is 276. The van der Waals surface area contributed by atoms with E-state index < -0.39 is 0 Å². The van der Waals surface area contributed by atoms with E-state index in [4.69, 9.17) is 0 Å². The zero-order valence-corrected chi connectivity index (χ0v) is 9.23. The predicted molar refractivity (Wildman–Crippen MR) is 62.0 cm³/mol. The smallest absolute Gasteiger partial charge is 0.0644 e. The SMILES string of the molecule is [CH2-][NH2+]C1CCN(Cc2ccccc2)CC1. The molecule has 1 saturated heterocycles. The van der Waals surface area contributed by atoms with E-state index >= 15 is 0 Å². The molecule has 82 valence electrons. The second kappa shape index (κ2) is 5.29. The Balaban J connectivity index is 1.82. The summed E-state index contributed by atoms with van der Waals surface area (Å²) in [6, 6.07) is 11.5. The van der Waals surface area contributed by atoms with Crippen molar-refractivity contribution < 1.29 is 5.32 Å². The molecule has 15 heavy (non-hydrogen) atoms. The number of rotatable bonds is 3. The van der Waals surface area contributed by atoms with Gasteiger partial charge in [-0.2, -0.15) is 7.05 Å². The molecule has 1 aliphatic heterocycles. The molecule has 0 bridgehead atoms. The van der Waals surface area contributed by atoms with Crippen molar-refractivity contribution in [2.45, 2.75) is 25.4 Å². The average Bonchev–Trinajstić information content (AvgIpc) is 2.31. The van der Waals surface area contributed by atoms with Crippen LogP contribution in [0.1, 0.15) is 18.4 Å². The number of hydrogen-bond acceptors (Lipinski definition) is 1. The van der Waals surface area contributed by atoms with Gasteiger partial charge in [-0.3, -0.25) is 4.90 Å². The molecule has 2 nitrogen and oxygen atoms in total. The van der Waals surface area contributed by atoms with E-state index in [2.05, 4.69) is 47.6 Å². The van der Waals surface area contributed by atoms with Crippen LogP contribution in [0.5, 0.6) is 0 Å². The molecule has 2 rings (SSSR count). The van der Waals surface area contributed by atoms with E-state index in [0.717, 1.165) is 12.6 Å². The van der Waals surface area contributed by atoms with Crippen LogP contribution in [0.3, 0.4) is 0 Å². The van der Waals surface area contributed by atoms with Gasteiger partial charge >= 0.3 is 0 Å². The number of nitrogens with zero attached hydrogens (tertiary/aromatic N) is 1. The molecule has 0 aromatic heterocycles. The Morgan fingerprint density at radius 3 is 2.47 bits per heavy atom. The largest absolute Gasteiger partial charge is 0.476 e. The van der Waals surface area contributed by atoms with Gasteiger partial charge in [0.15, 0.2) is 0 Å². The maximum atomic E-state index is 3.87. The second-order valence-electron chi connectivity index (χ2n) is 4.33. The number of hydrogen-bond donors (Lipinski definition) is 1. The van der Waals surface area contributed by atoms with Crippen molar-refractivity contribution in [3.05, 3.63) is 42.9 Å². The zero-order valence-electron chi connectivity index (χ0n) is 9.23. The molecule has 0 spiro atoms. The predicted octanol–water partition coefficient (Wildman–Crippen LogP) is 1.01. The van der Waals surface area contributed by atoms with Crippen LogP contribution in [0.25, 0.3) is 0 Å². The molecule has 1 fully saturated rings. The molecule has 1 aromatic carbocycles. The lowest BCUT2D eigenvalue weighted by molar-refractivity contribution is -0.637. The fourth-order valence-electron chi connectivity index (χ4n) is 2.19. The molecule has 0 amide bonds. The fraction of sp³-hybridized carbons (Fsp3) is 0.462. The Morgan fingerprint density at radius 2 is 1.87 bits per heavy atom. The average molecular weight is 204 g/mol. The lowest BCUT2D eigenvalue weighted by atomic mass is 10.0. The van der Waals surface area contributed by atoms with E-state index in [0.29, 0.717) is 0 Å². The maximum absolute atomic E-state index is 3.87. The summed E-state index contributed by atoms with van der Waals surface area (Å²) in [4.78, 5) is 2.54. The first-order chi connectivity index (χ1) is 7.38. The third-order valence-electron chi connectivity index (χ3n) is 3.21. The molecular formula is C13H20N2.